The first-order chi connectivity index (χ1) is 9.87. The Morgan fingerprint density at radius 2 is 1.81 bits per heavy atom. The van der Waals surface area contributed by atoms with Gasteiger partial charge >= 0.3 is 0 Å². The van der Waals surface area contributed by atoms with Crippen molar-refractivity contribution in [3.8, 4) is 0 Å². The van der Waals surface area contributed by atoms with Gasteiger partial charge in [0.05, 0.1) is 16.4 Å². The van der Waals surface area contributed by atoms with E-state index in [9.17, 15) is 18.5 Å². The summed E-state index contributed by atoms with van der Waals surface area (Å²) in [6, 6.07) is 12.8. The maximum atomic E-state index is 12.1. The average Bonchev–Trinajstić information content (AvgIpc) is 2.41. The second kappa shape index (κ2) is 5.92. The number of aryl methyl sites for hydroxylation is 1. The number of hydrogen-bond donors (Lipinski definition) is 1. The molecule has 0 aliphatic rings. The summed E-state index contributed by atoms with van der Waals surface area (Å²) in [7, 11) is -3.63. The molecule has 0 bridgehead atoms. The summed E-state index contributed by atoms with van der Waals surface area (Å²) >= 11 is 0. The molecule has 1 N–H and O–H groups in total. The third-order valence-corrected chi connectivity index (χ3v) is 4.14. The van der Waals surface area contributed by atoms with Crippen LogP contribution in [0.5, 0.6) is 0 Å². The van der Waals surface area contributed by atoms with Gasteiger partial charge in [-0.3, -0.25) is 14.8 Å². The molecule has 6 nitrogen and oxygen atoms in total. The summed E-state index contributed by atoms with van der Waals surface area (Å²) in [5, 5.41) is 10.7. The molecule has 0 aliphatic carbocycles. The Kier molecular flexibility index (Phi) is 4.23. The molecule has 0 saturated heterocycles. The SMILES string of the molecule is Cc1ccc([N+](=O)[O-])cc1NS(=O)(=O)Cc1ccccc1. The van der Waals surface area contributed by atoms with Crippen LogP contribution in [-0.2, 0) is 15.8 Å². The number of rotatable bonds is 5. The molecule has 0 spiro atoms. The molecule has 0 fully saturated rings. The summed E-state index contributed by atoms with van der Waals surface area (Å²) in [4.78, 5) is 10.2. The lowest BCUT2D eigenvalue weighted by molar-refractivity contribution is -0.384. The van der Waals surface area contributed by atoms with Gasteiger partial charge in [-0.15, -0.1) is 0 Å². The Hall–Kier alpha value is -2.41. The van der Waals surface area contributed by atoms with Crippen LogP contribution in [0.15, 0.2) is 48.5 Å². The van der Waals surface area contributed by atoms with Crippen molar-refractivity contribution < 1.29 is 13.3 Å². The highest BCUT2D eigenvalue weighted by molar-refractivity contribution is 7.91. The highest BCUT2D eigenvalue weighted by Gasteiger charge is 2.15. The van der Waals surface area contributed by atoms with Crippen LogP contribution in [0.25, 0.3) is 0 Å². The Morgan fingerprint density at radius 1 is 1.14 bits per heavy atom. The van der Waals surface area contributed by atoms with Gasteiger partial charge in [-0.05, 0) is 18.1 Å². The lowest BCUT2D eigenvalue weighted by Crippen LogP contribution is -2.15. The van der Waals surface area contributed by atoms with E-state index in [1.54, 1.807) is 37.3 Å². The van der Waals surface area contributed by atoms with Gasteiger partial charge in [-0.1, -0.05) is 36.4 Å². The number of benzene rings is 2. The summed E-state index contributed by atoms with van der Waals surface area (Å²) in [5.41, 5.74) is 1.34. The van der Waals surface area contributed by atoms with Gasteiger partial charge in [0.1, 0.15) is 0 Å². The first-order valence-corrected chi connectivity index (χ1v) is 7.82. The fourth-order valence-corrected chi connectivity index (χ4v) is 3.09. The highest BCUT2D eigenvalue weighted by atomic mass is 32.2. The Labute approximate surface area is 122 Å². The molecule has 0 atom stereocenters. The van der Waals surface area contributed by atoms with Crippen molar-refractivity contribution in [1.82, 2.24) is 0 Å². The lowest BCUT2D eigenvalue weighted by Gasteiger charge is -2.10. The van der Waals surface area contributed by atoms with Gasteiger partial charge in [-0.25, -0.2) is 8.42 Å². The smallest absolute Gasteiger partial charge is 0.271 e. The lowest BCUT2D eigenvalue weighted by atomic mass is 10.2. The fourth-order valence-electron chi connectivity index (χ4n) is 1.83. The van der Waals surface area contributed by atoms with Crippen molar-refractivity contribution in [3.05, 3.63) is 69.8 Å². The largest absolute Gasteiger partial charge is 0.283 e. The highest BCUT2D eigenvalue weighted by Crippen LogP contribution is 2.23. The second-order valence-corrected chi connectivity index (χ2v) is 6.33. The number of anilines is 1. The van der Waals surface area contributed by atoms with Crippen LogP contribution in [0.2, 0.25) is 0 Å². The minimum atomic E-state index is -3.63. The van der Waals surface area contributed by atoms with Gasteiger partial charge in [-0.2, -0.15) is 0 Å². The molecule has 2 aromatic carbocycles. The van der Waals surface area contributed by atoms with Crippen molar-refractivity contribution in [3.63, 3.8) is 0 Å². The minimum Gasteiger partial charge on any atom is -0.283 e. The predicted octanol–water partition coefficient (Wildman–Crippen LogP) is 2.85. The van der Waals surface area contributed by atoms with E-state index in [1.165, 1.54) is 18.2 Å². The van der Waals surface area contributed by atoms with Gasteiger partial charge in [0, 0.05) is 12.1 Å². The van der Waals surface area contributed by atoms with E-state index >= 15 is 0 Å². The third kappa shape index (κ3) is 4.03. The maximum absolute atomic E-state index is 12.1. The first kappa shape index (κ1) is 15.0. The molecule has 0 unspecified atom stereocenters. The number of nitro groups is 1. The molecular formula is C14H14N2O4S. The molecule has 2 rings (SSSR count). The summed E-state index contributed by atoms with van der Waals surface area (Å²) < 4.78 is 26.6. The molecule has 0 radical (unpaired) electrons. The van der Waals surface area contributed by atoms with E-state index in [-0.39, 0.29) is 17.1 Å². The van der Waals surface area contributed by atoms with E-state index in [1.807, 2.05) is 0 Å². The van der Waals surface area contributed by atoms with Crippen molar-refractivity contribution in [2.75, 3.05) is 4.72 Å². The molecular weight excluding hydrogens is 292 g/mol. The summed E-state index contributed by atoms with van der Waals surface area (Å²) in [6.45, 7) is 1.68. The van der Waals surface area contributed by atoms with Crippen molar-refractivity contribution >= 4 is 21.4 Å². The summed E-state index contributed by atoms with van der Waals surface area (Å²) in [6.07, 6.45) is 0. The molecule has 0 heterocycles. The van der Waals surface area contributed by atoms with Crippen LogP contribution in [0.1, 0.15) is 11.1 Å². The number of nitrogens with one attached hydrogen (secondary N) is 1. The number of hydrogen-bond acceptors (Lipinski definition) is 4. The van der Waals surface area contributed by atoms with Crippen LogP contribution < -0.4 is 4.72 Å². The van der Waals surface area contributed by atoms with Crippen LogP contribution >= 0.6 is 0 Å². The third-order valence-electron chi connectivity index (χ3n) is 2.90. The van der Waals surface area contributed by atoms with E-state index in [0.29, 0.717) is 11.1 Å². The molecule has 0 amide bonds. The zero-order valence-corrected chi connectivity index (χ0v) is 12.1. The second-order valence-electron chi connectivity index (χ2n) is 4.60. The molecule has 0 aromatic heterocycles. The van der Waals surface area contributed by atoms with E-state index in [2.05, 4.69) is 4.72 Å². The van der Waals surface area contributed by atoms with Crippen molar-refractivity contribution in [2.45, 2.75) is 12.7 Å². The number of nitrogens with zero attached hydrogens (tertiary/aromatic N) is 1. The maximum Gasteiger partial charge on any atom is 0.271 e. The number of nitro benzene ring substituents is 1. The fraction of sp³-hybridized carbons (Fsp3) is 0.143. The average molecular weight is 306 g/mol. The first-order valence-electron chi connectivity index (χ1n) is 6.17. The number of sulfonamides is 1. The van der Waals surface area contributed by atoms with E-state index in [4.69, 9.17) is 0 Å². The normalized spacial score (nSPS) is 11.1. The standard InChI is InChI=1S/C14H14N2O4S/c1-11-7-8-13(16(17)18)9-14(11)15-21(19,20)10-12-5-3-2-4-6-12/h2-9,15H,10H2,1H3. The van der Waals surface area contributed by atoms with Crippen LogP contribution in [0.3, 0.4) is 0 Å². The Bertz CT molecular complexity index is 758. The van der Waals surface area contributed by atoms with Crippen molar-refractivity contribution in [1.29, 1.82) is 0 Å². The molecule has 21 heavy (non-hydrogen) atoms. The van der Waals surface area contributed by atoms with Crippen LogP contribution in [0.4, 0.5) is 11.4 Å². The van der Waals surface area contributed by atoms with Crippen molar-refractivity contribution in [2.24, 2.45) is 0 Å². The van der Waals surface area contributed by atoms with Crippen LogP contribution in [-0.4, -0.2) is 13.3 Å². The van der Waals surface area contributed by atoms with E-state index < -0.39 is 14.9 Å². The zero-order chi connectivity index (χ0) is 15.5. The quantitative estimate of drug-likeness (QED) is 0.679. The Morgan fingerprint density at radius 3 is 2.43 bits per heavy atom. The van der Waals surface area contributed by atoms with E-state index in [0.717, 1.165) is 0 Å². The monoisotopic (exact) mass is 306 g/mol. The topological polar surface area (TPSA) is 89.3 Å². The minimum absolute atomic E-state index is 0.155. The van der Waals surface area contributed by atoms with Gasteiger partial charge in [0.25, 0.3) is 5.69 Å². The number of non-ortho nitro benzene ring substituents is 1. The molecule has 2 aromatic rings. The van der Waals surface area contributed by atoms with Crippen LogP contribution in [0, 0.1) is 17.0 Å². The Balaban J connectivity index is 2.24. The molecule has 0 saturated carbocycles. The van der Waals surface area contributed by atoms with Gasteiger partial charge in [0.2, 0.25) is 10.0 Å². The molecule has 7 heteroatoms. The zero-order valence-electron chi connectivity index (χ0n) is 11.3. The summed E-state index contributed by atoms with van der Waals surface area (Å²) in [5.74, 6) is -0.185. The predicted molar refractivity (Wildman–Crippen MR) is 80.5 cm³/mol. The molecule has 0 aliphatic heterocycles. The van der Waals surface area contributed by atoms with Gasteiger partial charge in [0.15, 0.2) is 0 Å². The van der Waals surface area contributed by atoms with Gasteiger partial charge < -0.3 is 0 Å². The molecule has 110 valence electrons.